The topological polar surface area (TPSA) is 64.0 Å². The molecule has 1 aliphatic carbocycles. The van der Waals surface area contributed by atoms with Crippen molar-refractivity contribution in [2.75, 3.05) is 11.6 Å². The maximum Gasteiger partial charge on any atom is 0.212 e. The first-order valence-corrected chi connectivity index (χ1v) is 8.29. The highest BCUT2D eigenvalue weighted by Gasteiger charge is 2.26. The highest BCUT2D eigenvalue weighted by molar-refractivity contribution is 7.89. The van der Waals surface area contributed by atoms with E-state index in [9.17, 15) is 8.42 Å². The molecule has 1 unspecified atom stereocenters. The van der Waals surface area contributed by atoms with E-state index in [0.717, 1.165) is 30.5 Å². The summed E-state index contributed by atoms with van der Waals surface area (Å²) in [6, 6.07) is -0.136. The molecule has 1 heterocycles. The van der Waals surface area contributed by atoms with Gasteiger partial charge in [-0.05, 0) is 25.7 Å². The van der Waals surface area contributed by atoms with Gasteiger partial charge >= 0.3 is 0 Å². The van der Waals surface area contributed by atoms with Crippen LogP contribution in [0.25, 0.3) is 0 Å². The summed E-state index contributed by atoms with van der Waals surface area (Å²) in [6.07, 6.45) is 5.02. The van der Waals surface area contributed by atoms with E-state index < -0.39 is 10.0 Å². The molecule has 102 valence electrons. The molecule has 1 aliphatic rings. The predicted octanol–water partition coefficient (Wildman–Crippen LogP) is 1.35. The average Bonchev–Trinajstić information content (AvgIpc) is 2.70. The third-order valence-electron chi connectivity index (χ3n) is 3.24. The molecule has 1 atom stereocenters. The Hall–Kier alpha value is -0.590. The van der Waals surface area contributed by atoms with Crippen molar-refractivity contribution in [2.24, 2.45) is 7.05 Å². The Morgan fingerprint density at radius 1 is 1.61 bits per heavy atom. The molecule has 0 saturated heterocycles. The van der Waals surface area contributed by atoms with E-state index in [1.807, 2.05) is 11.7 Å². The number of nitrogens with one attached hydrogen (secondary N) is 1. The number of alkyl halides is 1. The van der Waals surface area contributed by atoms with Gasteiger partial charge in [0, 0.05) is 24.2 Å². The fraction of sp³-hybridized carbons (Fsp3) is 0.727. The molecule has 0 aliphatic heterocycles. The zero-order valence-corrected chi connectivity index (χ0v) is 12.0. The van der Waals surface area contributed by atoms with Gasteiger partial charge in [-0.25, -0.2) is 13.1 Å². The van der Waals surface area contributed by atoms with Crippen LogP contribution in [-0.2, 0) is 23.5 Å². The highest BCUT2D eigenvalue weighted by Crippen LogP contribution is 2.29. The summed E-state index contributed by atoms with van der Waals surface area (Å²) in [5.41, 5.74) is 2.14. The van der Waals surface area contributed by atoms with Gasteiger partial charge in [-0.3, -0.25) is 4.68 Å². The third-order valence-corrected chi connectivity index (χ3v) is 4.98. The van der Waals surface area contributed by atoms with E-state index in [0.29, 0.717) is 12.3 Å². The molecule has 0 aromatic carbocycles. The van der Waals surface area contributed by atoms with E-state index in [1.165, 1.54) is 0 Å². The van der Waals surface area contributed by atoms with Gasteiger partial charge in [0.25, 0.3) is 0 Å². The van der Waals surface area contributed by atoms with Crippen LogP contribution in [-0.4, -0.2) is 29.8 Å². The lowest BCUT2D eigenvalue weighted by Gasteiger charge is -2.23. The predicted molar refractivity (Wildman–Crippen MR) is 71.1 cm³/mol. The number of aromatic nitrogens is 2. The molecule has 0 spiro atoms. The normalized spacial score (nSPS) is 19.8. The first-order chi connectivity index (χ1) is 8.53. The molecule has 1 aromatic heterocycles. The molecular formula is C11H18ClN3O2S. The Bertz CT molecular complexity index is 512. The lowest BCUT2D eigenvalue weighted by Crippen LogP contribution is -2.32. The molecule has 0 bridgehead atoms. The molecule has 1 aromatic rings. The molecule has 18 heavy (non-hydrogen) atoms. The molecule has 2 rings (SSSR count). The van der Waals surface area contributed by atoms with Gasteiger partial charge in [0.05, 0.1) is 18.0 Å². The van der Waals surface area contributed by atoms with Gasteiger partial charge in [-0.1, -0.05) is 0 Å². The van der Waals surface area contributed by atoms with E-state index >= 15 is 0 Å². The number of nitrogens with zero attached hydrogens (tertiary/aromatic N) is 2. The lowest BCUT2D eigenvalue weighted by atomic mass is 9.94. The summed E-state index contributed by atoms with van der Waals surface area (Å²) in [7, 11) is -1.36. The zero-order chi connectivity index (χ0) is 13.2. The van der Waals surface area contributed by atoms with Crippen molar-refractivity contribution in [3.63, 3.8) is 0 Å². The van der Waals surface area contributed by atoms with Gasteiger partial charge in [0.1, 0.15) is 0 Å². The maximum atomic E-state index is 11.9. The number of hydrogen-bond donors (Lipinski definition) is 1. The lowest BCUT2D eigenvalue weighted by molar-refractivity contribution is 0.497. The van der Waals surface area contributed by atoms with E-state index in [4.69, 9.17) is 11.6 Å². The van der Waals surface area contributed by atoms with Crippen LogP contribution in [0.5, 0.6) is 0 Å². The summed E-state index contributed by atoms with van der Waals surface area (Å²) in [6.45, 7) is 0. The summed E-state index contributed by atoms with van der Waals surface area (Å²) >= 11 is 5.53. The Labute approximate surface area is 113 Å². The van der Waals surface area contributed by atoms with Crippen LogP contribution in [0.3, 0.4) is 0 Å². The Morgan fingerprint density at radius 2 is 2.39 bits per heavy atom. The standard InChI is InChI=1S/C11H18ClN3O2S/c1-15-11-5-2-4-10(9(11)8-13-15)14-18(16,17)7-3-6-12/h8,10,14H,2-7H2,1H3. The largest absolute Gasteiger partial charge is 0.272 e. The van der Waals surface area contributed by atoms with E-state index in [1.54, 1.807) is 6.20 Å². The van der Waals surface area contributed by atoms with Gasteiger partial charge in [-0.15, -0.1) is 11.6 Å². The number of hydrogen-bond acceptors (Lipinski definition) is 3. The number of rotatable bonds is 5. The third kappa shape index (κ3) is 3.05. The van der Waals surface area contributed by atoms with Crippen molar-refractivity contribution < 1.29 is 8.42 Å². The van der Waals surface area contributed by atoms with Crippen molar-refractivity contribution in [3.05, 3.63) is 17.5 Å². The van der Waals surface area contributed by atoms with Gasteiger partial charge < -0.3 is 0 Å². The van der Waals surface area contributed by atoms with Crippen LogP contribution < -0.4 is 4.72 Å². The first kappa shape index (κ1) is 13.8. The maximum absolute atomic E-state index is 11.9. The van der Waals surface area contributed by atoms with Crippen LogP contribution in [0.4, 0.5) is 0 Å². The fourth-order valence-electron chi connectivity index (χ4n) is 2.35. The summed E-state index contributed by atoms with van der Waals surface area (Å²) in [4.78, 5) is 0. The number of fused-ring (bicyclic) bond motifs is 1. The number of halogens is 1. The number of sulfonamides is 1. The van der Waals surface area contributed by atoms with Crippen molar-refractivity contribution in [1.29, 1.82) is 0 Å². The second-order valence-corrected chi connectivity index (χ2v) is 6.85. The Morgan fingerprint density at radius 3 is 3.11 bits per heavy atom. The molecule has 7 heteroatoms. The summed E-state index contributed by atoms with van der Waals surface area (Å²) < 4.78 is 28.3. The Balaban J connectivity index is 2.12. The van der Waals surface area contributed by atoms with Crippen molar-refractivity contribution in [1.82, 2.24) is 14.5 Å². The second kappa shape index (κ2) is 5.59. The van der Waals surface area contributed by atoms with Crippen LogP contribution in [0.15, 0.2) is 6.20 Å². The van der Waals surface area contributed by atoms with Crippen LogP contribution in [0, 0.1) is 0 Å². The van der Waals surface area contributed by atoms with Crippen LogP contribution in [0.2, 0.25) is 0 Å². The first-order valence-electron chi connectivity index (χ1n) is 6.10. The van der Waals surface area contributed by atoms with Crippen molar-refractivity contribution in [3.8, 4) is 0 Å². The minimum atomic E-state index is -3.25. The average molecular weight is 292 g/mol. The smallest absolute Gasteiger partial charge is 0.212 e. The van der Waals surface area contributed by atoms with E-state index in [2.05, 4.69) is 9.82 Å². The quantitative estimate of drug-likeness (QED) is 0.833. The molecule has 0 fully saturated rings. The highest BCUT2D eigenvalue weighted by atomic mass is 35.5. The summed E-state index contributed by atoms with van der Waals surface area (Å²) in [5.74, 6) is 0.451. The fourth-order valence-corrected chi connectivity index (χ4v) is 3.96. The Kier molecular flexibility index (Phi) is 4.29. The minimum absolute atomic E-state index is 0.0859. The molecule has 1 N–H and O–H groups in total. The van der Waals surface area contributed by atoms with Gasteiger partial charge in [-0.2, -0.15) is 5.10 Å². The molecule has 0 saturated carbocycles. The molecule has 0 radical (unpaired) electrons. The monoisotopic (exact) mass is 291 g/mol. The second-order valence-electron chi connectivity index (χ2n) is 4.59. The number of aryl methyl sites for hydroxylation is 1. The van der Waals surface area contributed by atoms with Gasteiger partial charge in [0.2, 0.25) is 10.0 Å². The minimum Gasteiger partial charge on any atom is -0.272 e. The van der Waals surface area contributed by atoms with Crippen LogP contribution >= 0.6 is 11.6 Å². The molecule has 5 nitrogen and oxygen atoms in total. The molecular weight excluding hydrogens is 274 g/mol. The van der Waals surface area contributed by atoms with Gasteiger partial charge in [0.15, 0.2) is 0 Å². The van der Waals surface area contributed by atoms with Crippen LogP contribution in [0.1, 0.15) is 36.6 Å². The summed E-state index contributed by atoms with van der Waals surface area (Å²) in [5, 5.41) is 4.20. The van der Waals surface area contributed by atoms with Crippen molar-refractivity contribution in [2.45, 2.75) is 31.7 Å². The molecule has 0 amide bonds. The van der Waals surface area contributed by atoms with Crippen molar-refractivity contribution >= 4 is 21.6 Å². The van der Waals surface area contributed by atoms with E-state index in [-0.39, 0.29) is 11.8 Å². The zero-order valence-electron chi connectivity index (χ0n) is 10.4. The SMILES string of the molecule is Cn1ncc2c1CCCC2NS(=O)(=O)CCCCl.